The summed E-state index contributed by atoms with van der Waals surface area (Å²) in [5.41, 5.74) is 0.511. The van der Waals surface area contributed by atoms with Crippen molar-refractivity contribution in [2.75, 3.05) is 23.3 Å². The highest BCUT2D eigenvalue weighted by Gasteiger charge is 2.31. The van der Waals surface area contributed by atoms with E-state index in [0.29, 0.717) is 16.9 Å². The molecule has 4 nitrogen and oxygen atoms in total. The Morgan fingerprint density at radius 3 is 2.36 bits per heavy atom. The number of hydrogen-bond donors (Lipinski definition) is 2. The van der Waals surface area contributed by atoms with Crippen molar-refractivity contribution in [3.8, 4) is 0 Å². The molecule has 0 aliphatic carbocycles. The number of anilines is 2. The average molecular weight is 368 g/mol. The number of carbonyl (C=O) groups is 1. The van der Waals surface area contributed by atoms with Crippen LogP contribution in [0.5, 0.6) is 0 Å². The molecule has 0 saturated heterocycles. The van der Waals surface area contributed by atoms with Crippen molar-refractivity contribution in [2.45, 2.75) is 12.7 Å². The summed E-state index contributed by atoms with van der Waals surface area (Å²) in [4.78, 5) is 13.7. The van der Waals surface area contributed by atoms with E-state index in [-0.39, 0.29) is 6.54 Å². The Hall–Kier alpha value is -2.35. The van der Waals surface area contributed by atoms with Crippen molar-refractivity contribution >= 4 is 30.2 Å². The highest BCUT2D eigenvalue weighted by molar-refractivity contribution is 7.82. The molecule has 2 amide bonds. The summed E-state index contributed by atoms with van der Waals surface area (Å²) >= 11 is 4.10. The van der Waals surface area contributed by atoms with Gasteiger partial charge in [0.25, 0.3) is 0 Å². The Morgan fingerprint density at radius 1 is 1.16 bits per heavy atom. The molecule has 25 heavy (non-hydrogen) atoms. The van der Waals surface area contributed by atoms with Crippen LogP contribution in [0.25, 0.3) is 0 Å². The third-order valence-electron chi connectivity index (χ3n) is 3.40. The van der Waals surface area contributed by atoms with Crippen LogP contribution in [0.2, 0.25) is 0 Å². The maximum Gasteiger partial charge on any atom is 0.416 e. The van der Waals surface area contributed by atoms with Crippen LogP contribution in [-0.4, -0.2) is 20.1 Å². The number of halogens is 3. The first-order chi connectivity index (χ1) is 11.7. The van der Waals surface area contributed by atoms with E-state index in [2.05, 4.69) is 24.2 Å². The van der Waals surface area contributed by atoms with Crippen LogP contribution in [0.4, 0.5) is 29.3 Å². The number of nitrogens with one attached hydrogen (secondary N) is 1. The molecule has 0 aliphatic rings. The summed E-state index contributed by atoms with van der Waals surface area (Å²) in [6.45, 7) is -0.0559. The summed E-state index contributed by atoms with van der Waals surface area (Å²) in [6.07, 6.45) is -4.46. The number of benzene rings is 2. The molecule has 1 radical (unpaired) electrons. The second kappa shape index (κ2) is 7.69. The lowest BCUT2D eigenvalue weighted by Gasteiger charge is -2.19. The van der Waals surface area contributed by atoms with Crippen molar-refractivity contribution in [2.24, 2.45) is 0 Å². The van der Waals surface area contributed by atoms with Gasteiger partial charge in [-0.25, -0.2) is 9.10 Å². The molecule has 1 N–H and O–H groups in total. The van der Waals surface area contributed by atoms with Gasteiger partial charge >= 0.3 is 12.2 Å². The third kappa shape index (κ3) is 5.06. The largest absolute Gasteiger partial charge is 0.416 e. The molecule has 8 heteroatoms. The molecule has 0 unspecified atom stereocenters. The van der Waals surface area contributed by atoms with E-state index in [1.165, 1.54) is 0 Å². The standard InChI is InChI=1S/C17H17F3N3OS/c1-22(2)15-9-12(8-13(10-15)17(18,19)20)11-21-16(24)23(25)14-6-4-3-5-7-14/h4-10,25H,11H2,1-2H3,(H,21,24). The average Bonchev–Trinajstić information content (AvgIpc) is 2.58. The first-order valence-electron chi connectivity index (χ1n) is 7.30. The third-order valence-corrected chi connectivity index (χ3v) is 3.82. The quantitative estimate of drug-likeness (QED) is 0.796. The Kier molecular flexibility index (Phi) is 5.84. The summed E-state index contributed by atoms with van der Waals surface area (Å²) < 4.78 is 40.2. The van der Waals surface area contributed by atoms with Crippen LogP contribution in [-0.2, 0) is 12.7 Å². The van der Waals surface area contributed by atoms with E-state index in [9.17, 15) is 18.0 Å². The predicted octanol–water partition coefficient (Wildman–Crippen LogP) is 4.13. The SMILES string of the molecule is CN(C)c1cc(CNC(=O)N(S)c2cc[c]cc2)cc(C(F)(F)F)c1. The van der Waals surface area contributed by atoms with Crippen LogP contribution < -0.4 is 14.5 Å². The van der Waals surface area contributed by atoms with Gasteiger partial charge in [0.15, 0.2) is 0 Å². The normalized spacial score (nSPS) is 11.1. The van der Waals surface area contributed by atoms with Crippen molar-refractivity contribution in [1.82, 2.24) is 5.32 Å². The summed E-state index contributed by atoms with van der Waals surface area (Å²) in [7, 11) is 3.31. The molecule has 2 aromatic rings. The van der Waals surface area contributed by atoms with E-state index in [4.69, 9.17) is 0 Å². The Morgan fingerprint density at radius 2 is 1.80 bits per heavy atom. The van der Waals surface area contributed by atoms with Gasteiger partial charge in [0, 0.05) is 26.3 Å². The number of thiol groups is 1. The zero-order chi connectivity index (χ0) is 18.6. The lowest BCUT2D eigenvalue weighted by molar-refractivity contribution is -0.137. The van der Waals surface area contributed by atoms with Gasteiger partial charge in [0.1, 0.15) is 0 Å². The van der Waals surface area contributed by atoms with Crippen molar-refractivity contribution < 1.29 is 18.0 Å². The number of urea groups is 1. The molecule has 0 aliphatic heterocycles. The van der Waals surface area contributed by atoms with Crippen LogP contribution in [0.15, 0.2) is 42.5 Å². The minimum Gasteiger partial charge on any atom is -0.378 e. The second-order valence-electron chi connectivity index (χ2n) is 5.51. The number of alkyl halides is 3. The molecule has 0 aromatic heterocycles. The summed E-state index contributed by atoms with van der Waals surface area (Å²) in [5, 5.41) is 2.56. The van der Waals surface area contributed by atoms with Crippen molar-refractivity contribution in [3.05, 3.63) is 59.7 Å². The first-order valence-corrected chi connectivity index (χ1v) is 7.70. The molecular formula is C17H17F3N3OS. The van der Waals surface area contributed by atoms with Gasteiger partial charge in [-0.05, 0) is 42.0 Å². The molecule has 0 bridgehead atoms. The second-order valence-corrected chi connectivity index (χ2v) is 5.91. The van der Waals surface area contributed by atoms with Crippen LogP contribution in [0.1, 0.15) is 11.1 Å². The Bertz CT molecular complexity index is 736. The maximum atomic E-state index is 13.0. The topological polar surface area (TPSA) is 35.6 Å². The van der Waals surface area contributed by atoms with Crippen molar-refractivity contribution in [3.63, 3.8) is 0 Å². The fourth-order valence-electron chi connectivity index (χ4n) is 2.09. The highest BCUT2D eigenvalue weighted by atomic mass is 32.1. The van der Waals surface area contributed by atoms with Gasteiger partial charge in [0.2, 0.25) is 0 Å². The summed E-state index contributed by atoms with van der Waals surface area (Å²) in [5.74, 6) is 0. The molecule has 2 rings (SSSR count). The van der Waals surface area contributed by atoms with E-state index >= 15 is 0 Å². The fraction of sp³-hybridized carbons (Fsp3) is 0.235. The number of amides is 2. The molecule has 0 heterocycles. The zero-order valence-electron chi connectivity index (χ0n) is 13.6. The molecular weight excluding hydrogens is 351 g/mol. The lowest BCUT2D eigenvalue weighted by atomic mass is 10.1. The highest BCUT2D eigenvalue weighted by Crippen LogP contribution is 2.32. The Balaban J connectivity index is 2.14. The predicted molar refractivity (Wildman–Crippen MR) is 94.7 cm³/mol. The molecule has 0 atom stereocenters. The van der Waals surface area contributed by atoms with Crippen LogP contribution in [0, 0.1) is 6.07 Å². The monoisotopic (exact) mass is 368 g/mol. The van der Waals surface area contributed by atoms with Gasteiger partial charge in [0.05, 0.1) is 11.3 Å². The maximum absolute atomic E-state index is 13.0. The van der Waals surface area contributed by atoms with E-state index in [1.54, 1.807) is 49.3 Å². The number of hydrogen-bond acceptors (Lipinski definition) is 3. The first kappa shape index (κ1) is 19.0. The number of rotatable bonds is 4. The fourth-order valence-corrected chi connectivity index (χ4v) is 2.29. The van der Waals surface area contributed by atoms with Crippen LogP contribution >= 0.6 is 12.8 Å². The lowest BCUT2D eigenvalue weighted by Crippen LogP contribution is -2.33. The molecule has 0 fully saturated rings. The molecule has 133 valence electrons. The molecule has 0 spiro atoms. The van der Waals surface area contributed by atoms with E-state index in [1.807, 2.05) is 0 Å². The van der Waals surface area contributed by atoms with E-state index < -0.39 is 17.8 Å². The van der Waals surface area contributed by atoms with Gasteiger partial charge in [-0.2, -0.15) is 13.2 Å². The van der Waals surface area contributed by atoms with Gasteiger partial charge in [-0.3, -0.25) is 0 Å². The summed E-state index contributed by atoms with van der Waals surface area (Å²) in [6, 6.07) is 12.5. The van der Waals surface area contributed by atoms with Gasteiger partial charge in [-0.15, -0.1) is 0 Å². The zero-order valence-corrected chi connectivity index (χ0v) is 14.5. The van der Waals surface area contributed by atoms with Crippen LogP contribution in [0.3, 0.4) is 0 Å². The molecule has 2 aromatic carbocycles. The smallest absolute Gasteiger partial charge is 0.378 e. The minimum atomic E-state index is -4.46. The number of carbonyl (C=O) groups excluding carboxylic acids is 1. The van der Waals surface area contributed by atoms with Gasteiger partial charge in [-0.1, -0.05) is 24.9 Å². The van der Waals surface area contributed by atoms with Gasteiger partial charge < -0.3 is 10.2 Å². The minimum absolute atomic E-state index is 0.0559. The molecule has 0 saturated carbocycles. The van der Waals surface area contributed by atoms with Crippen molar-refractivity contribution in [1.29, 1.82) is 0 Å². The Labute approximate surface area is 149 Å². The van der Waals surface area contributed by atoms with E-state index in [0.717, 1.165) is 16.4 Å². The number of nitrogens with zero attached hydrogens (tertiary/aromatic N) is 2.